The lowest BCUT2D eigenvalue weighted by Gasteiger charge is -2.31. The fraction of sp³-hybridized carbons (Fsp3) is 0.438. The zero-order valence-corrected chi connectivity index (χ0v) is 13.2. The van der Waals surface area contributed by atoms with Gasteiger partial charge in [-0.1, -0.05) is 18.2 Å². The molecule has 1 aromatic rings. The maximum Gasteiger partial charge on any atom is 0.338 e. The molecule has 1 saturated carbocycles. The van der Waals surface area contributed by atoms with E-state index in [9.17, 15) is 9.59 Å². The van der Waals surface area contributed by atoms with Crippen LogP contribution < -0.4 is 5.32 Å². The van der Waals surface area contributed by atoms with Gasteiger partial charge in [0.1, 0.15) is 12.2 Å². The normalized spacial score (nSPS) is 20.8. The second kappa shape index (κ2) is 7.89. The second-order valence-corrected chi connectivity index (χ2v) is 5.59. The Labute approximate surface area is 135 Å². The van der Waals surface area contributed by atoms with Crippen LogP contribution in [0.1, 0.15) is 43.0 Å². The molecule has 1 fully saturated rings. The standard InChI is InChI=1S/C16H19NO4S/c1-11(18)17-16(22)21-14-10-6-5-9-13(14)20-15(19)12-7-3-2-4-8-12/h2-4,7-8,13-14H,5-6,9-10H2,1H3,(H,17,18,22)/t13-,14-/m0/s1. The summed E-state index contributed by atoms with van der Waals surface area (Å²) in [6.07, 6.45) is 2.75. The molecular formula is C16H19NO4S. The minimum absolute atomic E-state index is 0.0279. The van der Waals surface area contributed by atoms with Gasteiger partial charge in [-0.05, 0) is 50.0 Å². The van der Waals surface area contributed by atoms with Gasteiger partial charge in [-0.3, -0.25) is 10.1 Å². The van der Waals surface area contributed by atoms with Crippen LogP contribution in [0, 0.1) is 0 Å². The summed E-state index contributed by atoms with van der Waals surface area (Å²) < 4.78 is 11.1. The van der Waals surface area contributed by atoms with E-state index in [1.807, 2.05) is 6.07 Å². The van der Waals surface area contributed by atoms with Gasteiger partial charge in [0.15, 0.2) is 0 Å². The predicted molar refractivity (Wildman–Crippen MR) is 85.4 cm³/mol. The van der Waals surface area contributed by atoms with E-state index in [4.69, 9.17) is 21.7 Å². The first kappa shape index (κ1) is 16.4. The Hall–Kier alpha value is -1.95. The summed E-state index contributed by atoms with van der Waals surface area (Å²) >= 11 is 4.98. The van der Waals surface area contributed by atoms with E-state index in [-0.39, 0.29) is 29.3 Å². The van der Waals surface area contributed by atoms with Crippen LogP contribution in [0.25, 0.3) is 0 Å². The van der Waals surface area contributed by atoms with Crippen molar-refractivity contribution in [2.24, 2.45) is 0 Å². The molecule has 0 saturated heterocycles. The van der Waals surface area contributed by atoms with E-state index in [1.54, 1.807) is 24.3 Å². The third-order valence-corrected chi connectivity index (χ3v) is 3.64. The topological polar surface area (TPSA) is 64.6 Å². The van der Waals surface area contributed by atoms with E-state index in [2.05, 4.69) is 5.32 Å². The number of thiocarbonyl (C=S) groups is 1. The van der Waals surface area contributed by atoms with Crippen molar-refractivity contribution in [2.75, 3.05) is 0 Å². The first-order chi connectivity index (χ1) is 10.6. The quantitative estimate of drug-likeness (QED) is 0.685. The maximum atomic E-state index is 12.1. The monoisotopic (exact) mass is 321 g/mol. The van der Waals surface area contributed by atoms with Crippen LogP contribution >= 0.6 is 12.2 Å². The number of ether oxygens (including phenoxy) is 2. The van der Waals surface area contributed by atoms with Crippen LogP contribution in [-0.2, 0) is 14.3 Å². The molecule has 0 radical (unpaired) electrons. The van der Waals surface area contributed by atoms with E-state index in [0.29, 0.717) is 5.56 Å². The highest BCUT2D eigenvalue weighted by Gasteiger charge is 2.31. The van der Waals surface area contributed by atoms with Crippen molar-refractivity contribution in [1.82, 2.24) is 5.32 Å². The number of esters is 1. The molecular weight excluding hydrogens is 302 g/mol. The van der Waals surface area contributed by atoms with E-state index < -0.39 is 0 Å². The van der Waals surface area contributed by atoms with E-state index in [1.165, 1.54) is 6.92 Å². The third-order valence-electron chi connectivity index (χ3n) is 3.45. The van der Waals surface area contributed by atoms with E-state index >= 15 is 0 Å². The summed E-state index contributed by atoms with van der Waals surface area (Å²) in [6, 6.07) is 8.84. The molecule has 1 aliphatic carbocycles. The van der Waals surface area contributed by atoms with Gasteiger partial charge in [0.05, 0.1) is 5.56 Å². The summed E-state index contributed by atoms with van der Waals surface area (Å²) in [6.45, 7) is 1.36. The van der Waals surface area contributed by atoms with Gasteiger partial charge in [0.25, 0.3) is 5.17 Å². The molecule has 0 aromatic heterocycles. The van der Waals surface area contributed by atoms with Gasteiger partial charge in [-0.25, -0.2) is 4.79 Å². The lowest BCUT2D eigenvalue weighted by atomic mass is 9.94. The first-order valence-corrected chi connectivity index (χ1v) is 7.71. The molecule has 118 valence electrons. The second-order valence-electron chi connectivity index (χ2n) is 5.22. The molecule has 1 amide bonds. The van der Waals surface area contributed by atoms with Crippen molar-refractivity contribution in [3.8, 4) is 0 Å². The van der Waals surface area contributed by atoms with Crippen molar-refractivity contribution in [2.45, 2.75) is 44.8 Å². The largest absolute Gasteiger partial charge is 0.464 e. The smallest absolute Gasteiger partial charge is 0.338 e. The fourth-order valence-electron chi connectivity index (χ4n) is 2.42. The average molecular weight is 321 g/mol. The average Bonchev–Trinajstić information content (AvgIpc) is 2.49. The molecule has 2 rings (SSSR count). The SMILES string of the molecule is CC(=O)NC(=S)O[C@H]1CCCC[C@@H]1OC(=O)c1ccccc1. The molecule has 0 bridgehead atoms. The van der Waals surface area contributed by atoms with Crippen LogP contribution in [0.4, 0.5) is 0 Å². The minimum Gasteiger partial charge on any atom is -0.464 e. The molecule has 2 atom stereocenters. The first-order valence-electron chi connectivity index (χ1n) is 7.30. The Morgan fingerprint density at radius 2 is 1.68 bits per heavy atom. The molecule has 0 unspecified atom stereocenters. The number of rotatable bonds is 3. The molecule has 1 aromatic carbocycles. The van der Waals surface area contributed by atoms with Crippen LogP contribution in [0.5, 0.6) is 0 Å². The Bertz CT molecular complexity index is 546. The van der Waals surface area contributed by atoms with Crippen LogP contribution in [0.2, 0.25) is 0 Å². The minimum atomic E-state index is -0.369. The third kappa shape index (κ3) is 4.80. The Balaban J connectivity index is 1.96. The molecule has 6 heteroatoms. The van der Waals surface area contributed by atoms with Crippen molar-refractivity contribution in [3.05, 3.63) is 35.9 Å². The number of hydrogen-bond donors (Lipinski definition) is 1. The van der Waals surface area contributed by atoms with E-state index in [0.717, 1.165) is 25.7 Å². The number of carbonyl (C=O) groups is 2. The molecule has 5 nitrogen and oxygen atoms in total. The van der Waals surface area contributed by atoms with Gasteiger partial charge < -0.3 is 9.47 Å². The summed E-state index contributed by atoms with van der Waals surface area (Å²) in [4.78, 5) is 23.1. The number of hydrogen-bond acceptors (Lipinski definition) is 5. The van der Waals surface area contributed by atoms with Crippen molar-refractivity contribution in [1.29, 1.82) is 0 Å². The summed E-state index contributed by atoms with van der Waals surface area (Å²) in [5, 5.41) is 2.45. The predicted octanol–water partition coefficient (Wildman–Crippen LogP) is 2.59. The van der Waals surface area contributed by atoms with Gasteiger partial charge in [0.2, 0.25) is 5.91 Å². The molecule has 1 N–H and O–H groups in total. The Morgan fingerprint density at radius 3 is 2.27 bits per heavy atom. The van der Waals surface area contributed by atoms with Gasteiger partial charge in [0, 0.05) is 6.92 Å². The zero-order valence-electron chi connectivity index (χ0n) is 12.4. The van der Waals surface area contributed by atoms with Gasteiger partial charge in [-0.2, -0.15) is 0 Å². The molecule has 22 heavy (non-hydrogen) atoms. The summed E-state index contributed by atoms with van der Waals surface area (Å²) in [5.41, 5.74) is 0.510. The number of nitrogens with one attached hydrogen (secondary N) is 1. The van der Waals surface area contributed by atoms with Gasteiger partial charge in [-0.15, -0.1) is 0 Å². The summed E-state index contributed by atoms with van der Waals surface area (Å²) in [7, 11) is 0. The van der Waals surface area contributed by atoms with Crippen LogP contribution in [0.3, 0.4) is 0 Å². The Kier molecular flexibility index (Phi) is 5.89. The molecule has 0 heterocycles. The molecule has 0 aliphatic heterocycles. The Morgan fingerprint density at radius 1 is 1.09 bits per heavy atom. The van der Waals surface area contributed by atoms with Crippen molar-refractivity contribution in [3.63, 3.8) is 0 Å². The van der Waals surface area contributed by atoms with Gasteiger partial charge >= 0.3 is 5.97 Å². The highest BCUT2D eigenvalue weighted by Crippen LogP contribution is 2.25. The lowest BCUT2D eigenvalue weighted by Crippen LogP contribution is -2.41. The highest BCUT2D eigenvalue weighted by atomic mass is 32.1. The van der Waals surface area contributed by atoms with Crippen molar-refractivity contribution < 1.29 is 19.1 Å². The lowest BCUT2D eigenvalue weighted by molar-refractivity contribution is -0.118. The number of amides is 1. The fourth-order valence-corrected chi connectivity index (χ4v) is 2.69. The van der Waals surface area contributed by atoms with Crippen LogP contribution in [0.15, 0.2) is 30.3 Å². The molecule has 1 aliphatic rings. The number of benzene rings is 1. The zero-order chi connectivity index (χ0) is 15.9. The van der Waals surface area contributed by atoms with Crippen molar-refractivity contribution >= 4 is 29.3 Å². The highest BCUT2D eigenvalue weighted by molar-refractivity contribution is 7.80. The maximum absolute atomic E-state index is 12.1. The van der Waals surface area contributed by atoms with Crippen LogP contribution in [-0.4, -0.2) is 29.3 Å². The number of carbonyl (C=O) groups excluding carboxylic acids is 2. The molecule has 0 spiro atoms. The summed E-state index contributed by atoms with van der Waals surface area (Å²) in [5.74, 6) is -0.648.